The fraction of sp³-hybridized carbons (Fsp3) is 0.304. The summed E-state index contributed by atoms with van der Waals surface area (Å²) in [6, 6.07) is 17.1. The number of nitrogens with zero attached hydrogens (tertiary/aromatic N) is 1. The molecule has 0 radical (unpaired) electrons. The number of hydrogen-bond donors (Lipinski definition) is 1. The third-order valence-corrected chi connectivity index (χ3v) is 8.00. The second kappa shape index (κ2) is 9.40. The van der Waals surface area contributed by atoms with Crippen molar-refractivity contribution in [3.05, 3.63) is 76.0 Å². The standard InChI is InChI=1S/C23H26N2O4S2/c1-28-21-10-9-19(14-22(21)29-2)31(26,27)24-15-20(23-8-5-13-30-23)25-12-11-17-6-3-4-7-18(17)16-25/h3-10,13-14,20,24H,11-12,15-16H2,1-2H3/t20-/m1/s1. The lowest BCUT2D eigenvalue weighted by Gasteiger charge is -2.35. The summed E-state index contributed by atoms with van der Waals surface area (Å²) in [5.74, 6) is 0.873. The first-order chi connectivity index (χ1) is 15.0. The summed E-state index contributed by atoms with van der Waals surface area (Å²) >= 11 is 1.65. The Morgan fingerprint density at radius 2 is 1.81 bits per heavy atom. The Bertz CT molecular complexity index is 1130. The molecule has 1 N–H and O–H groups in total. The Balaban J connectivity index is 1.55. The predicted molar refractivity (Wildman–Crippen MR) is 122 cm³/mol. The van der Waals surface area contributed by atoms with Crippen molar-refractivity contribution in [3.8, 4) is 11.5 Å². The van der Waals surface area contributed by atoms with E-state index in [-0.39, 0.29) is 10.9 Å². The molecule has 0 fully saturated rings. The average Bonchev–Trinajstić information content (AvgIpc) is 3.33. The van der Waals surface area contributed by atoms with E-state index in [0.29, 0.717) is 18.0 Å². The van der Waals surface area contributed by atoms with Crippen molar-refractivity contribution in [3.63, 3.8) is 0 Å². The first kappa shape index (κ1) is 21.8. The summed E-state index contributed by atoms with van der Waals surface area (Å²) in [5, 5.41) is 2.03. The molecule has 0 saturated carbocycles. The molecule has 4 rings (SSSR count). The van der Waals surface area contributed by atoms with Crippen LogP contribution in [0.15, 0.2) is 64.9 Å². The van der Waals surface area contributed by atoms with Gasteiger partial charge in [-0.25, -0.2) is 13.1 Å². The highest BCUT2D eigenvalue weighted by Crippen LogP contribution is 2.32. The van der Waals surface area contributed by atoms with Crippen LogP contribution in [0.5, 0.6) is 11.5 Å². The van der Waals surface area contributed by atoms with Crippen molar-refractivity contribution in [2.24, 2.45) is 0 Å². The maximum Gasteiger partial charge on any atom is 0.240 e. The zero-order chi connectivity index (χ0) is 21.8. The van der Waals surface area contributed by atoms with Crippen LogP contribution in [-0.4, -0.2) is 40.6 Å². The minimum atomic E-state index is -3.71. The number of fused-ring (bicyclic) bond motifs is 1. The molecule has 0 saturated heterocycles. The van der Waals surface area contributed by atoms with Gasteiger partial charge in [-0.05, 0) is 41.1 Å². The summed E-state index contributed by atoms with van der Waals surface area (Å²) in [5.41, 5.74) is 2.67. The van der Waals surface area contributed by atoms with Gasteiger partial charge < -0.3 is 9.47 Å². The van der Waals surface area contributed by atoms with Crippen LogP contribution in [0.2, 0.25) is 0 Å². The van der Waals surface area contributed by atoms with Crippen molar-refractivity contribution in [2.75, 3.05) is 27.3 Å². The molecule has 0 aliphatic carbocycles. The predicted octanol–water partition coefficient (Wildman–Crippen LogP) is 3.84. The van der Waals surface area contributed by atoms with E-state index in [0.717, 1.165) is 24.4 Å². The third kappa shape index (κ3) is 4.77. The highest BCUT2D eigenvalue weighted by molar-refractivity contribution is 7.89. The molecule has 6 nitrogen and oxygen atoms in total. The van der Waals surface area contributed by atoms with E-state index in [1.807, 2.05) is 11.4 Å². The van der Waals surface area contributed by atoms with Gasteiger partial charge in [0.15, 0.2) is 11.5 Å². The lowest BCUT2D eigenvalue weighted by atomic mass is 9.98. The van der Waals surface area contributed by atoms with E-state index in [4.69, 9.17) is 9.47 Å². The van der Waals surface area contributed by atoms with Crippen LogP contribution in [0.25, 0.3) is 0 Å². The van der Waals surface area contributed by atoms with Gasteiger partial charge in [0.2, 0.25) is 10.0 Å². The summed E-state index contributed by atoms with van der Waals surface area (Å²) in [4.78, 5) is 3.65. The SMILES string of the molecule is COc1ccc(S(=O)(=O)NC[C@H](c2cccs2)N2CCc3ccccc3C2)cc1OC. The molecule has 2 aromatic carbocycles. The molecule has 0 spiro atoms. The lowest BCUT2D eigenvalue weighted by molar-refractivity contribution is 0.183. The van der Waals surface area contributed by atoms with Crippen LogP contribution in [0.3, 0.4) is 0 Å². The highest BCUT2D eigenvalue weighted by atomic mass is 32.2. The Hall–Kier alpha value is -2.39. The Morgan fingerprint density at radius 3 is 2.52 bits per heavy atom. The van der Waals surface area contributed by atoms with E-state index < -0.39 is 10.0 Å². The van der Waals surface area contributed by atoms with Gasteiger partial charge in [-0.15, -0.1) is 11.3 Å². The van der Waals surface area contributed by atoms with Crippen molar-refractivity contribution in [1.82, 2.24) is 9.62 Å². The van der Waals surface area contributed by atoms with Gasteiger partial charge in [-0.3, -0.25) is 4.90 Å². The first-order valence-electron chi connectivity index (χ1n) is 10.1. The van der Waals surface area contributed by atoms with E-state index >= 15 is 0 Å². The maximum absolute atomic E-state index is 13.0. The monoisotopic (exact) mass is 458 g/mol. The molecule has 0 amide bonds. The molecular weight excluding hydrogens is 432 g/mol. The molecule has 0 unspecified atom stereocenters. The first-order valence-corrected chi connectivity index (χ1v) is 12.4. The van der Waals surface area contributed by atoms with E-state index in [9.17, 15) is 8.42 Å². The fourth-order valence-corrected chi connectivity index (χ4v) is 5.84. The van der Waals surface area contributed by atoms with Gasteiger partial charge in [-0.2, -0.15) is 0 Å². The summed E-state index contributed by atoms with van der Waals surface area (Å²) in [6.45, 7) is 1.98. The minimum Gasteiger partial charge on any atom is -0.493 e. The van der Waals surface area contributed by atoms with Crippen LogP contribution >= 0.6 is 11.3 Å². The number of nitrogens with one attached hydrogen (secondary N) is 1. The van der Waals surface area contributed by atoms with Gasteiger partial charge in [0.25, 0.3) is 0 Å². The van der Waals surface area contributed by atoms with Gasteiger partial charge in [-0.1, -0.05) is 30.3 Å². The number of thiophene rings is 1. The molecule has 164 valence electrons. The molecule has 31 heavy (non-hydrogen) atoms. The van der Waals surface area contributed by atoms with Crippen molar-refractivity contribution >= 4 is 21.4 Å². The Labute approximate surface area is 187 Å². The van der Waals surface area contributed by atoms with Crippen LogP contribution in [0, 0.1) is 0 Å². The van der Waals surface area contributed by atoms with Crippen molar-refractivity contribution in [1.29, 1.82) is 0 Å². The molecule has 1 aliphatic rings. The topological polar surface area (TPSA) is 67.9 Å². The second-order valence-electron chi connectivity index (χ2n) is 7.39. The zero-order valence-corrected chi connectivity index (χ0v) is 19.2. The Kier molecular flexibility index (Phi) is 6.62. The summed E-state index contributed by atoms with van der Waals surface area (Å²) in [7, 11) is -0.701. The highest BCUT2D eigenvalue weighted by Gasteiger charge is 2.27. The molecule has 1 aliphatic heterocycles. The van der Waals surface area contributed by atoms with E-state index in [1.165, 1.54) is 37.5 Å². The van der Waals surface area contributed by atoms with Crippen molar-refractivity contribution in [2.45, 2.75) is 23.9 Å². The lowest BCUT2D eigenvalue weighted by Crippen LogP contribution is -2.40. The number of methoxy groups -OCH3 is 2. The average molecular weight is 459 g/mol. The molecule has 8 heteroatoms. The minimum absolute atomic E-state index is 0.0386. The molecular formula is C23H26N2O4S2. The number of sulfonamides is 1. The number of rotatable bonds is 8. The van der Waals surface area contributed by atoms with E-state index in [1.54, 1.807) is 17.4 Å². The number of ether oxygens (including phenoxy) is 2. The van der Waals surface area contributed by atoms with Crippen LogP contribution in [0.1, 0.15) is 22.0 Å². The molecule has 3 aromatic rings. The quantitative estimate of drug-likeness (QED) is 0.556. The maximum atomic E-state index is 13.0. The third-order valence-electron chi connectivity index (χ3n) is 5.60. The van der Waals surface area contributed by atoms with Crippen molar-refractivity contribution < 1.29 is 17.9 Å². The summed E-state index contributed by atoms with van der Waals surface area (Å²) in [6.07, 6.45) is 0.959. The van der Waals surface area contributed by atoms with Crippen LogP contribution < -0.4 is 14.2 Å². The molecule has 2 heterocycles. The number of hydrogen-bond acceptors (Lipinski definition) is 6. The zero-order valence-electron chi connectivity index (χ0n) is 17.6. The van der Waals surface area contributed by atoms with Gasteiger partial charge in [0.05, 0.1) is 25.2 Å². The molecule has 1 atom stereocenters. The van der Waals surface area contributed by atoms with Gasteiger partial charge >= 0.3 is 0 Å². The number of benzene rings is 2. The normalized spacial score (nSPS) is 15.3. The van der Waals surface area contributed by atoms with Gasteiger partial charge in [0, 0.05) is 30.6 Å². The van der Waals surface area contributed by atoms with Crippen LogP contribution in [0.4, 0.5) is 0 Å². The fourth-order valence-electron chi connectivity index (χ4n) is 3.93. The largest absolute Gasteiger partial charge is 0.493 e. The second-order valence-corrected chi connectivity index (χ2v) is 10.1. The molecule has 1 aromatic heterocycles. The summed E-state index contributed by atoms with van der Waals surface area (Å²) < 4.78 is 39.4. The van der Waals surface area contributed by atoms with Crippen LogP contribution in [-0.2, 0) is 23.0 Å². The Morgan fingerprint density at radius 1 is 1.03 bits per heavy atom. The van der Waals surface area contributed by atoms with Gasteiger partial charge in [0.1, 0.15) is 0 Å². The smallest absolute Gasteiger partial charge is 0.240 e. The van der Waals surface area contributed by atoms with E-state index in [2.05, 4.69) is 40.0 Å². The molecule has 0 bridgehead atoms.